The Labute approximate surface area is 180 Å². The van der Waals surface area contributed by atoms with Gasteiger partial charge in [-0.25, -0.2) is 4.39 Å². The van der Waals surface area contributed by atoms with Crippen LogP contribution >= 0.6 is 23.2 Å². The van der Waals surface area contributed by atoms with Gasteiger partial charge in [0.2, 0.25) is 0 Å². The number of H-pyrrole nitrogens is 1. The first-order valence-electron chi connectivity index (χ1n) is 8.87. The Morgan fingerprint density at radius 3 is 2.87 bits per heavy atom. The van der Waals surface area contributed by atoms with E-state index in [0.717, 1.165) is 0 Å². The van der Waals surface area contributed by atoms with Crippen molar-refractivity contribution in [2.75, 3.05) is 17.2 Å². The molecule has 0 bridgehead atoms. The fraction of sp³-hybridized carbons (Fsp3) is 0.211. The lowest BCUT2D eigenvalue weighted by atomic mass is 10.1. The van der Waals surface area contributed by atoms with Crippen molar-refractivity contribution in [3.8, 4) is 0 Å². The molecule has 1 atom stereocenters. The standard InChI is InChI=1S/C19H18Cl2FN5O3/c1-10(16-14(20)2-3-15(22)17(16)21)25-11-6-13(18(29)23-7-11)19(30)26-12-8-24-27(9-12)4-5-28/h2-3,6-10,25,28H,4-5H2,1H3,(H,23,29)(H,26,30)/t10-/m1/s1. The second kappa shape index (κ2) is 9.29. The molecule has 0 saturated carbocycles. The zero-order valence-corrected chi connectivity index (χ0v) is 17.3. The third-order valence-corrected chi connectivity index (χ3v) is 4.98. The first kappa shape index (κ1) is 21.8. The maximum Gasteiger partial charge on any atom is 0.261 e. The number of hydrogen-bond acceptors (Lipinski definition) is 5. The number of halogens is 3. The molecule has 0 aliphatic rings. The van der Waals surface area contributed by atoms with Gasteiger partial charge in [-0.3, -0.25) is 14.3 Å². The van der Waals surface area contributed by atoms with E-state index in [-0.39, 0.29) is 28.8 Å². The van der Waals surface area contributed by atoms with Gasteiger partial charge in [-0.15, -0.1) is 0 Å². The van der Waals surface area contributed by atoms with Crippen molar-refractivity contribution in [2.24, 2.45) is 0 Å². The highest BCUT2D eigenvalue weighted by Gasteiger charge is 2.18. The number of aliphatic hydroxyl groups is 1. The van der Waals surface area contributed by atoms with E-state index in [4.69, 9.17) is 28.3 Å². The van der Waals surface area contributed by atoms with Gasteiger partial charge in [-0.05, 0) is 25.1 Å². The van der Waals surface area contributed by atoms with Crippen molar-refractivity contribution < 1.29 is 14.3 Å². The van der Waals surface area contributed by atoms with Crippen LogP contribution in [0.25, 0.3) is 0 Å². The highest BCUT2D eigenvalue weighted by molar-refractivity contribution is 6.36. The fourth-order valence-electron chi connectivity index (χ4n) is 2.85. The summed E-state index contributed by atoms with van der Waals surface area (Å²) in [5.74, 6) is -1.24. The highest BCUT2D eigenvalue weighted by Crippen LogP contribution is 2.33. The lowest BCUT2D eigenvalue weighted by Gasteiger charge is -2.19. The van der Waals surface area contributed by atoms with Gasteiger partial charge >= 0.3 is 0 Å². The molecule has 8 nitrogen and oxygen atoms in total. The summed E-state index contributed by atoms with van der Waals surface area (Å²) in [6.07, 6.45) is 4.32. The van der Waals surface area contributed by atoms with Gasteiger partial charge in [0.15, 0.2) is 0 Å². The molecule has 2 aromatic heterocycles. The Kier molecular flexibility index (Phi) is 6.76. The molecule has 3 aromatic rings. The molecule has 0 aliphatic carbocycles. The van der Waals surface area contributed by atoms with E-state index in [0.29, 0.717) is 16.9 Å². The molecular weight excluding hydrogens is 436 g/mol. The summed E-state index contributed by atoms with van der Waals surface area (Å²) in [4.78, 5) is 27.1. The molecule has 3 rings (SSSR count). The minimum atomic E-state index is -0.641. The number of benzene rings is 1. The van der Waals surface area contributed by atoms with Gasteiger partial charge in [-0.1, -0.05) is 23.2 Å². The van der Waals surface area contributed by atoms with E-state index in [1.807, 2.05) is 0 Å². The minimum Gasteiger partial charge on any atom is -0.394 e. The number of nitrogens with zero attached hydrogens (tertiary/aromatic N) is 2. The summed E-state index contributed by atoms with van der Waals surface area (Å²) in [6.45, 7) is 1.89. The zero-order valence-electron chi connectivity index (χ0n) is 15.7. The summed E-state index contributed by atoms with van der Waals surface area (Å²) in [7, 11) is 0. The van der Waals surface area contributed by atoms with Crippen molar-refractivity contribution in [1.82, 2.24) is 14.8 Å². The molecule has 30 heavy (non-hydrogen) atoms. The SMILES string of the molecule is C[C@@H](Nc1c[nH]c(=O)c(C(=O)Nc2cnn(CCO)c2)c1)c1c(Cl)ccc(F)c1Cl. The van der Waals surface area contributed by atoms with Crippen molar-refractivity contribution in [2.45, 2.75) is 19.5 Å². The molecular formula is C19H18Cl2FN5O3. The van der Waals surface area contributed by atoms with E-state index in [1.165, 1.54) is 41.5 Å². The quantitative estimate of drug-likeness (QED) is 0.409. The molecule has 11 heteroatoms. The van der Waals surface area contributed by atoms with Crippen LogP contribution in [-0.2, 0) is 6.54 Å². The van der Waals surface area contributed by atoms with Crippen LogP contribution in [-0.4, -0.2) is 32.4 Å². The molecule has 158 valence electrons. The van der Waals surface area contributed by atoms with Crippen molar-refractivity contribution >= 4 is 40.5 Å². The van der Waals surface area contributed by atoms with Gasteiger partial charge in [0.1, 0.15) is 11.4 Å². The summed E-state index contributed by atoms with van der Waals surface area (Å²) in [6, 6.07) is 3.42. The summed E-state index contributed by atoms with van der Waals surface area (Å²) < 4.78 is 15.2. The average molecular weight is 454 g/mol. The molecule has 0 unspecified atom stereocenters. The number of aliphatic hydroxyl groups excluding tert-OH is 1. The Morgan fingerprint density at radius 2 is 2.13 bits per heavy atom. The third kappa shape index (κ3) is 4.81. The second-order valence-electron chi connectivity index (χ2n) is 6.42. The number of amides is 1. The number of aromatic amines is 1. The minimum absolute atomic E-state index is 0.0972. The second-order valence-corrected chi connectivity index (χ2v) is 7.21. The Balaban J connectivity index is 1.80. The van der Waals surface area contributed by atoms with E-state index < -0.39 is 23.3 Å². The first-order valence-corrected chi connectivity index (χ1v) is 9.63. The molecule has 0 spiro atoms. The normalized spacial score (nSPS) is 11.9. The van der Waals surface area contributed by atoms with Crippen LogP contribution in [0.2, 0.25) is 10.0 Å². The Bertz CT molecular complexity index is 1130. The molecule has 0 radical (unpaired) electrons. The fourth-order valence-corrected chi connectivity index (χ4v) is 3.55. The van der Waals surface area contributed by atoms with Gasteiger partial charge in [0.25, 0.3) is 11.5 Å². The van der Waals surface area contributed by atoms with Crippen LogP contribution in [0.1, 0.15) is 28.9 Å². The van der Waals surface area contributed by atoms with Gasteiger partial charge in [0, 0.05) is 23.0 Å². The summed E-state index contributed by atoms with van der Waals surface area (Å²) in [5, 5.41) is 18.7. The van der Waals surface area contributed by atoms with Crippen LogP contribution in [0.5, 0.6) is 0 Å². The lowest BCUT2D eigenvalue weighted by molar-refractivity contribution is 0.102. The molecule has 2 heterocycles. The number of pyridine rings is 1. The van der Waals surface area contributed by atoms with Crippen LogP contribution in [0.3, 0.4) is 0 Å². The van der Waals surface area contributed by atoms with Crippen LogP contribution in [0.4, 0.5) is 15.8 Å². The number of carbonyl (C=O) groups is 1. The maximum absolute atomic E-state index is 13.8. The number of nitrogens with one attached hydrogen (secondary N) is 3. The third-order valence-electron chi connectivity index (χ3n) is 4.26. The van der Waals surface area contributed by atoms with Crippen LogP contribution < -0.4 is 16.2 Å². The molecule has 0 fully saturated rings. The summed E-state index contributed by atoms with van der Waals surface area (Å²) in [5.41, 5.74) is 0.401. The van der Waals surface area contributed by atoms with Gasteiger partial charge in [0.05, 0.1) is 41.8 Å². The number of carbonyl (C=O) groups excluding carboxylic acids is 1. The predicted molar refractivity (Wildman–Crippen MR) is 113 cm³/mol. The predicted octanol–water partition coefficient (Wildman–Crippen LogP) is 3.44. The van der Waals surface area contributed by atoms with Crippen molar-refractivity contribution in [1.29, 1.82) is 0 Å². The Morgan fingerprint density at radius 1 is 1.37 bits per heavy atom. The lowest BCUT2D eigenvalue weighted by Crippen LogP contribution is -2.23. The average Bonchev–Trinajstić information content (AvgIpc) is 3.13. The number of hydrogen-bond donors (Lipinski definition) is 4. The molecule has 0 saturated heterocycles. The number of anilines is 2. The highest BCUT2D eigenvalue weighted by atomic mass is 35.5. The van der Waals surface area contributed by atoms with E-state index in [1.54, 1.807) is 6.92 Å². The largest absolute Gasteiger partial charge is 0.394 e. The molecule has 1 aromatic carbocycles. The smallest absolute Gasteiger partial charge is 0.261 e. The topological polar surface area (TPSA) is 112 Å². The van der Waals surface area contributed by atoms with Crippen LogP contribution in [0.15, 0.2) is 41.6 Å². The Hall–Kier alpha value is -2.88. The molecule has 4 N–H and O–H groups in total. The molecule has 1 amide bonds. The van der Waals surface area contributed by atoms with E-state index >= 15 is 0 Å². The van der Waals surface area contributed by atoms with Crippen molar-refractivity contribution in [3.63, 3.8) is 0 Å². The van der Waals surface area contributed by atoms with E-state index in [9.17, 15) is 14.0 Å². The molecule has 0 aliphatic heterocycles. The number of aromatic nitrogens is 3. The van der Waals surface area contributed by atoms with Crippen molar-refractivity contribution in [3.05, 3.63) is 74.1 Å². The van der Waals surface area contributed by atoms with E-state index in [2.05, 4.69) is 20.7 Å². The summed E-state index contributed by atoms with van der Waals surface area (Å²) >= 11 is 12.2. The maximum atomic E-state index is 13.8. The van der Waals surface area contributed by atoms with Gasteiger partial charge < -0.3 is 20.7 Å². The monoisotopic (exact) mass is 453 g/mol. The van der Waals surface area contributed by atoms with Gasteiger partial charge in [-0.2, -0.15) is 5.10 Å². The zero-order chi connectivity index (χ0) is 21.8. The van der Waals surface area contributed by atoms with Crippen LogP contribution in [0, 0.1) is 5.82 Å². The number of rotatable bonds is 7. The first-order chi connectivity index (χ1) is 14.3.